The molecule has 28 heavy (non-hydrogen) atoms. The molecule has 144 valence electrons. The average molecular weight is 385 g/mol. The summed E-state index contributed by atoms with van der Waals surface area (Å²) in [6.07, 6.45) is 0. The molecule has 0 saturated carbocycles. The van der Waals surface area contributed by atoms with Crippen LogP contribution in [0.4, 0.5) is 0 Å². The zero-order valence-electron chi connectivity index (χ0n) is 19.0. The highest BCUT2D eigenvalue weighted by molar-refractivity contribution is 6.97. The Morgan fingerprint density at radius 2 is 0.536 bits per heavy atom. The van der Waals surface area contributed by atoms with Crippen molar-refractivity contribution in [1.82, 2.24) is 0 Å². The van der Waals surface area contributed by atoms with E-state index in [-0.39, 0.29) is 0 Å². The summed E-state index contributed by atoms with van der Waals surface area (Å²) in [4.78, 5) is 0. The lowest BCUT2D eigenvalue weighted by Gasteiger charge is -2.26. The molecule has 1 heteroatoms. The fourth-order valence-electron chi connectivity index (χ4n) is 5.37. The van der Waals surface area contributed by atoms with Crippen molar-refractivity contribution >= 4 is 27.4 Å². The summed E-state index contributed by atoms with van der Waals surface area (Å²) < 4.78 is 4.82. The van der Waals surface area contributed by atoms with Gasteiger partial charge in [0.15, 0.2) is 0 Å². The molecule has 0 saturated heterocycles. The zero-order chi connectivity index (χ0) is 20.7. The molecule has 0 N–H and O–H groups in total. The van der Waals surface area contributed by atoms with Gasteiger partial charge in [-0.15, -0.1) is 0 Å². The number of aryl methyl sites for hydroxylation is 9. The minimum atomic E-state index is -1.61. The summed E-state index contributed by atoms with van der Waals surface area (Å²) >= 11 is -1.61. The predicted octanol–water partition coefficient (Wildman–Crippen LogP) is 4.98. The Labute approximate surface area is 176 Å². The van der Waals surface area contributed by atoms with E-state index in [4.69, 9.17) is 0 Å². The third-order valence-corrected chi connectivity index (χ3v) is 10.5. The van der Waals surface area contributed by atoms with Gasteiger partial charge in [0.25, 0.3) is 0 Å². The average Bonchev–Trinajstić information content (AvgIpc) is 2.51. The molecule has 0 spiro atoms. The number of rotatable bonds is 3. The van der Waals surface area contributed by atoms with E-state index >= 15 is 0 Å². The van der Waals surface area contributed by atoms with Crippen LogP contribution in [0.2, 0.25) is 0 Å². The highest BCUT2D eigenvalue weighted by Gasteiger charge is 2.33. The molecule has 3 aromatic carbocycles. The summed E-state index contributed by atoms with van der Waals surface area (Å²) in [5.41, 5.74) is 12.8. The number of hydrogen-bond acceptors (Lipinski definition) is 0. The van der Waals surface area contributed by atoms with Crippen molar-refractivity contribution in [3.8, 4) is 0 Å². The van der Waals surface area contributed by atoms with Gasteiger partial charge in [-0.2, -0.15) is 0 Å². The highest BCUT2D eigenvalue weighted by Crippen LogP contribution is 2.16. The maximum Gasteiger partial charge on any atom is 0.385 e. The second-order valence-corrected chi connectivity index (χ2v) is 11.5. The van der Waals surface area contributed by atoms with E-state index in [9.17, 15) is 0 Å². The quantitative estimate of drug-likeness (QED) is 0.559. The molecule has 0 nitrogen and oxygen atoms in total. The zero-order valence-corrected chi connectivity index (χ0v) is 20.2. The lowest BCUT2D eigenvalue weighted by molar-refractivity contribution is 1.32. The second-order valence-electron chi connectivity index (χ2n) is 8.87. The smallest absolute Gasteiger partial charge is 0.0929 e. The van der Waals surface area contributed by atoms with Gasteiger partial charge >= 0.3 is 14.1 Å². The summed E-state index contributed by atoms with van der Waals surface area (Å²) in [6, 6.07) is 14.3. The third kappa shape index (κ3) is 3.84. The largest absolute Gasteiger partial charge is 0.385 e. The minimum Gasteiger partial charge on any atom is -0.0929 e. The maximum atomic E-state index is 2.38. The lowest BCUT2D eigenvalue weighted by atomic mass is 10.1. The fraction of sp³-hybridized carbons (Fsp3) is 0.333. The van der Waals surface area contributed by atoms with E-state index in [0.717, 1.165) is 0 Å². The van der Waals surface area contributed by atoms with Crippen molar-refractivity contribution in [3.05, 3.63) is 86.5 Å². The Morgan fingerprint density at radius 1 is 0.357 bits per heavy atom. The Hall–Kier alpha value is -1.81. The third-order valence-electron chi connectivity index (χ3n) is 6.08. The van der Waals surface area contributed by atoms with Gasteiger partial charge in [-0.25, -0.2) is 0 Å². The first-order chi connectivity index (χ1) is 13.1. The topological polar surface area (TPSA) is 0 Å². The van der Waals surface area contributed by atoms with Crippen LogP contribution in [0.3, 0.4) is 0 Å². The molecular weight excluding hydrogens is 351 g/mol. The van der Waals surface area contributed by atoms with E-state index in [1.54, 1.807) is 13.3 Å². The Bertz CT molecular complexity index is 850. The van der Waals surface area contributed by atoms with E-state index in [0.29, 0.717) is 0 Å². The molecule has 0 aliphatic carbocycles. The first-order valence-corrected chi connectivity index (χ1v) is 12.1. The monoisotopic (exact) mass is 384 g/mol. The normalized spacial score (nSPS) is 11.0. The maximum absolute atomic E-state index is 2.38. The van der Waals surface area contributed by atoms with E-state index in [2.05, 4.69) is 98.7 Å². The van der Waals surface area contributed by atoms with Crippen LogP contribution in [0.25, 0.3) is 0 Å². The first-order valence-electron chi connectivity index (χ1n) is 10.3. The van der Waals surface area contributed by atoms with Crippen molar-refractivity contribution in [3.63, 3.8) is 0 Å². The van der Waals surface area contributed by atoms with Crippen LogP contribution in [0.15, 0.2) is 36.4 Å². The second kappa shape index (κ2) is 7.90. The van der Waals surface area contributed by atoms with Crippen molar-refractivity contribution in [2.75, 3.05) is 0 Å². The molecule has 3 aromatic rings. The molecule has 0 radical (unpaired) electrons. The first kappa shape index (κ1) is 20.9. The van der Waals surface area contributed by atoms with Gasteiger partial charge < -0.3 is 0 Å². The number of hydrogen-bond donors (Lipinski definition) is 0. The van der Waals surface area contributed by atoms with Crippen LogP contribution in [-0.4, -0.2) is 14.1 Å². The predicted molar refractivity (Wildman–Crippen MR) is 127 cm³/mol. The van der Waals surface area contributed by atoms with Gasteiger partial charge in [-0.1, -0.05) is 99.7 Å². The van der Waals surface area contributed by atoms with Crippen LogP contribution < -0.4 is 13.3 Å². The van der Waals surface area contributed by atoms with Crippen molar-refractivity contribution in [2.24, 2.45) is 0 Å². The summed E-state index contributed by atoms with van der Waals surface area (Å²) in [5.74, 6) is 0. The van der Waals surface area contributed by atoms with E-state index in [1.807, 2.05) is 0 Å². The van der Waals surface area contributed by atoms with Gasteiger partial charge in [0.2, 0.25) is 0 Å². The summed E-state index contributed by atoms with van der Waals surface area (Å²) in [7, 11) is 0. The van der Waals surface area contributed by atoms with Gasteiger partial charge in [0.1, 0.15) is 0 Å². The van der Waals surface area contributed by atoms with Crippen LogP contribution in [0, 0.1) is 62.3 Å². The van der Waals surface area contributed by atoms with Crippen LogP contribution in [0.5, 0.6) is 0 Å². The van der Waals surface area contributed by atoms with Gasteiger partial charge in [0.05, 0.1) is 0 Å². The van der Waals surface area contributed by atoms with Crippen molar-refractivity contribution in [1.29, 1.82) is 0 Å². The summed E-state index contributed by atoms with van der Waals surface area (Å²) in [5, 5.41) is 0. The molecule has 3 rings (SSSR count). The Kier molecular flexibility index (Phi) is 5.90. The molecule has 0 amide bonds. The standard InChI is InChI=1S/3C9H11.Al/c3*1-7-4-8(2)6-9(3)5-7;/h3*4-5H,1-3H3;. The fourth-order valence-corrected chi connectivity index (χ4v) is 9.47. The Morgan fingerprint density at radius 3 is 0.714 bits per heavy atom. The summed E-state index contributed by atoms with van der Waals surface area (Å²) in [6.45, 7) is 20.5. The van der Waals surface area contributed by atoms with Gasteiger partial charge in [-0.3, -0.25) is 0 Å². The SMILES string of the molecule is Cc1cc(C)[c]([Al]([c]2c(C)cc(C)cc2C)[c]2c(C)cc(C)cc2C)c(C)c1. The van der Waals surface area contributed by atoms with Crippen molar-refractivity contribution in [2.45, 2.75) is 62.3 Å². The molecule has 0 unspecified atom stereocenters. The molecular formula is C27H33Al. The minimum absolute atomic E-state index is 1.36. The van der Waals surface area contributed by atoms with Gasteiger partial charge in [0, 0.05) is 0 Å². The van der Waals surface area contributed by atoms with Gasteiger partial charge in [-0.05, 0) is 62.3 Å². The Balaban J connectivity index is 2.45. The van der Waals surface area contributed by atoms with Crippen LogP contribution >= 0.6 is 0 Å². The molecule has 0 aliphatic rings. The number of benzene rings is 3. The van der Waals surface area contributed by atoms with E-state index < -0.39 is 14.1 Å². The molecule has 0 bridgehead atoms. The molecule has 0 atom stereocenters. The molecule has 0 aromatic heterocycles. The van der Waals surface area contributed by atoms with E-state index in [1.165, 1.54) is 50.1 Å². The van der Waals surface area contributed by atoms with Crippen LogP contribution in [-0.2, 0) is 0 Å². The van der Waals surface area contributed by atoms with Crippen LogP contribution in [0.1, 0.15) is 50.1 Å². The molecule has 0 aliphatic heterocycles. The molecule has 0 heterocycles. The lowest BCUT2D eigenvalue weighted by Crippen LogP contribution is -2.57. The van der Waals surface area contributed by atoms with Crippen molar-refractivity contribution < 1.29 is 0 Å². The highest BCUT2D eigenvalue weighted by atomic mass is 27.2. The molecule has 0 fully saturated rings.